The molecular formula is C13H12Br2OS. The van der Waals surface area contributed by atoms with Crippen molar-refractivity contribution in [3.63, 3.8) is 0 Å². The van der Waals surface area contributed by atoms with E-state index in [-0.39, 0.29) is 0 Å². The Kier molecular flexibility index (Phi) is 4.08. The largest absolute Gasteiger partial charge is 0.383 e. The lowest BCUT2D eigenvalue weighted by atomic mass is 10.0. The topological polar surface area (TPSA) is 20.2 Å². The minimum Gasteiger partial charge on any atom is -0.383 e. The number of aliphatic hydroxyl groups excluding tert-OH is 1. The first-order chi connectivity index (χ1) is 8.00. The lowest BCUT2D eigenvalue weighted by Crippen LogP contribution is -2.00. The summed E-state index contributed by atoms with van der Waals surface area (Å²) >= 11 is 8.56. The molecule has 0 aliphatic carbocycles. The number of aliphatic hydroxyl groups is 1. The van der Waals surface area contributed by atoms with Gasteiger partial charge in [-0.05, 0) is 58.6 Å². The summed E-state index contributed by atoms with van der Waals surface area (Å²) in [5.41, 5.74) is 3.20. The Morgan fingerprint density at radius 3 is 2.53 bits per heavy atom. The zero-order valence-corrected chi connectivity index (χ0v) is 13.5. The molecule has 1 aromatic carbocycles. The molecule has 90 valence electrons. The zero-order chi connectivity index (χ0) is 12.6. The first-order valence-electron chi connectivity index (χ1n) is 5.19. The van der Waals surface area contributed by atoms with Gasteiger partial charge < -0.3 is 5.11 Å². The number of thiophene rings is 1. The number of hydrogen-bond acceptors (Lipinski definition) is 2. The molecule has 1 aromatic heterocycles. The van der Waals surface area contributed by atoms with E-state index in [9.17, 15) is 5.11 Å². The molecular weight excluding hydrogens is 364 g/mol. The molecule has 0 radical (unpaired) electrons. The molecule has 0 saturated heterocycles. The molecule has 0 amide bonds. The third-order valence-electron chi connectivity index (χ3n) is 2.75. The number of benzene rings is 1. The highest BCUT2D eigenvalue weighted by atomic mass is 79.9. The van der Waals surface area contributed by atoms with Crippen molar-refractivity contribution in [1.82, 2.24) is 0 Å². The molecule has 2 rings (SSSR count). The third kappa shape index (κ3) is 2.65. The summed E-state index contributed by atoms with van der Waals surface area (Å²) in [6.07, 6.45) is -0.553. The molecule has 1 N–H and O–H groups in total. The molecule has 1 nitrogen and oxygen atoms in total. The fourth-order valence-corrected chi connectivity index (χ4v) is 3.65. The van der Waals surface area contributed by atoms with Gasteiger partial charge in [-0.1, -0.05) is 28.1 Å². The van der Waals surface area contributed by atoms with Crippen molar-refractivity contribution < 1.29 is 5.11 Å². The van der Waals surface area contributed by atoms with Gasteiger partial charge in [0.05, 0.1) is 3.79 Å². The number of rotatable bonds is 2. The van der Waals surface area contributed by atoms with E-state index in [1.54, 1.807) is 11.3 Å². The summed E-state index contributed by atoms with van der Waals surface area (Å²) in [7, 11) is 0. The van der Waals surface area contributed by atoms with Gasteiger partial charge in [-0.3, -0.25) is 0 Å². The highest BCUT2D eigenvalue weighted by Crippen LogP contribution is 2.36. The molecule has 0 spiro atoms. The predicted molar refractivity (Wildman–Crippen MR) is 79.7 cm³/mol. The van der Waals surface area contributed by atoms with E-state index >= 15 is 0 Å². The predicted octanol–water partition coefficient (Wildman–Crippen LogP) is 4.97. The van der Waals surface area contributed by atoms with Crippen molar-refractivity contribution in [2.24, 2.45) is 0 Å². The zero-order valence-electron chi connectivity index (χ0n) is 9.50. The second kappa shape index (κ2) is 5.22. The maximum absolute atomic E-state index is 10.4. The van der Waals surface area contributed by atoms with Crippen LogP contribution in [0.4, 0.5) is 0 Å². The van der Waals surface area contributed by atoms with E-state index in [0.717, 1.165) is 29.8 Å². The normalized spacial score (nSPS) is 12.8. The maximum atomic E-state index is 10.4. The summed E-state index contributed by atoms with van der Waals surface area (Å²) in [6, 6.07) is 7.93. The Labute approximate surface area is 122 Å². The molecule has 4 heteroatoms. The maximum Gasteiger partial charge on any atom is 0.114 e. The molecule has 0 fully saturated rings. The van der Waals surface area contributed by atoms with Gasteiger partial charge >= 0.3 is 0 Å². The van der Waals surface area contributed by atoms with E-state index in [1.165, 1.54) is 0 Å². The summed E-state index contributed by atoms with van der Waals surface area (Å²) in [4.78, 5) is 0.968. The van der Waals surface area contributed by atoms with Gasteiger partial charge in [0, 0.05) is 9.35 Å². The van der Waals surface area contributed by atoms with E-state index in [2.05, 4.69) is 31.9 Å². The van der Waals surface area contributed by atoms with Crippen molar-refractivity contribution in [1.29, 1.82) is 0 Å². The Morgan fingerprint density at radius 2 is 1.94 bits per heavy atom. The summed E-state index contributed by atoms with van der Waals surface area (Å²) in [5, 5.41) is 10.4. The quantitative estimate of drug-likeness (QED) is 0.785. The second-order valence-electron chi connectivity index (χ2n) is 3.96. The molecule has 2 aromatic rings. The summed E-state index contributed by atoms with van der Waals surface area (Å²) in [5.74, 6) is 0. The Balaban J connectivity index is 2.43. The lowest BCUT2D eigenvalue weighted by molar-refractivity contribution is 0.223. The standard InChI is InChI=1S/C13H12Br2OS/c1-7-6-11(17-13(7)15)12(16)9-4-3-5-10(14)8(9)2/h3-6,12,16H,1-2H3. The van der Waals surface area contributed by atoms with Crippen molar-refractivity contribution in [2.45, 2.75) is 20.0 Å². The SMILES string of the molecule is Cc1cc(C(O)c2cccc(Br)c2C)sc1Br. The van der Waals surface area contributed by atoms with Gasteiger partial charge in [-0.25, -0.2) is 0 Å². The van der Waals surface area contributed by atoms with Gasteiger partial charge in [0.2, 0.25) is 0 Å². The van der Waals surface area contributed by atoms with Gasteiger partial charge in [0.15, 0.2) is 0 Å². The van der Waals surface area contributed by atoms with Crippen LogP contribution >= 0.6 is 43.2 Å². The van der Waals surface area contributed by atoms with E-state index < -0.39 is 6.10 Å². The molecule has 0 aliphatic rings. The molecule has 17 heavy (non-hydrogen) atoms. The Hall–Kier alpha value is -0.160. The number of halogens is 2. The minimum atomic E-state index is -0.553. The monoisotopic (exact) mass is 374 g/mol. The van der Waals surface area contributed by atoms with Crippen molar-refractivity contribution in [3.05, 3.63) is 54.1 Å². The van der Waals surface area contributed by atoms with Crippen LogP contribution in [-0.2, 0) is 0 Å². The van der Waals surface area contributed by atoms with Crippen molar-refractivity contribution in [2.75, 3.05) is 0 Å². The van der Waals surface area contributed by atoms with E-state index in [1.807, 2.05) is 38.1 Å². The van der Waals surface area contributed by atoms with Crippen LogP contribution in [0.5, 0.6) is 0 Å². The number of hydrogen-bond donors (Lipinski definition) is 1. The molecule has 1 atom stereocenters. The molecule has 0 saturated carbocycles. The van der Waals surface area contributed by atoms with Crippen LogP contribution in [0.15, 0.2) is 32.5 Å². The summed E-state index contributed by atoms with van der Waals surface area (Å²) < 4.78 is 2.11. The van der Waals surface area contributed by atoms with Gasteiger partial charge in [-0.2, -0.15) is 0 Å². The highest BCUT2D eigenvalue weighted by molar-refractivity contribution is 9.11. The minimum absolute atomic E-state index is 0.553. The Bertz CT molecular complexity index is 529. The van der Waals surface area contributed by atoms with Crippen LogP contribution in [0.1, 0.15) is 27.7 Å². The average Bonchev–Trinajstić information content (AvgIpc) is 2.62. The van der Waals surface area contributed by atoms with Crippen LogP contribution < -0.4 is 0 Å². The van der Waals surface area contributed by atoms with Gasteiger partial charge in [0.25, 0.3) is 0 Å². The van der Waals surface area contributed by atoms with Crippen LogP contribution in [-0.4, -0.2) is 5.11 Å². The Morgan fingerprint density at radius 1 is 1.24 bits per heavy atom. The smallest absolute Gasteiger partial charge is 0.114 e. The molecule has 0 aliphatic heterocycles. The fourth-order valence-electron chi connectivity index (χ4n) is 1.69. The van der Waals surface area contributed by atoms with Crippen LogP contribution in [0.3, 0.4) is 0 Å². The summed E-state index contributed by atoms with van der Waals surface area (Å²) in [6.45, 7) is 4.04. The van der Waals surface area contributed by atoms with Gasteiger partial charge in [0.1, 0.15) is 6.10 Å². The molecule has 1 unspecified atom stereocenters. The molecule has 1 heterocycles. The van der Waals surface area contributed by atoms with Crippen LogP contribution in [0.25, 0.3) is 0 Å². The first-order valence-corrected chi connectivity index (χ1v) is 7.60. The van der Waals surface area contributed by atoms with E-state index in [4.69, 9.17) is 0 Å². The lowest BCUT2D eigenvalue weighted by Gasteiger charge is -2.13. The molecule has 0 bridgehead atoms. The van der Waals surface area contributed by atoms with Gasteiger partial charge in [-0.15, -0.1) is 11.3 Å². The highest BCUT2D eigenvalue weighted by Gasteiger charge is 2.17. The van der Waals surface area contributed by atoms with Crippen LogP contribution in [0, 0.1) is 13.8 Å². The third-order valence-corrected chi connectivity index (χ3v) is 5.80. The van der Waals surface area contributed by atoms with Crippen LogP contribution in [0.2, 0.25) is 0 Å². The fraction of sp³-hybridized carbons (Fsp3) is 0.231. The number of aryl methyl sites for hydroxylation is 1. The van der Waals surface area contributed by atoms with E-state index in [0.29, 0.717) is 0 Å². The second-order valence-corrected chi connectivity index (χ2v) is 7.22. The van der Waals surface area contributed by atoms with Crippen molar-refractivity contribution >= 4 is 43.2 Å². The first kappa shape index (κ1) is 13.3. The van der Waals surface area contributed by atoms with Crippen molar-refractivity contribution in [3.8, 4) is 0 Å². The average molecular weight is 376 g/mol.